The summed E-state index contributed by atoms with van der Waals surface area (Å²) < 4.78 is 10.1. The minimum atomic E-state index is -0.545. The maximum absolute atomic E-state index is 12.1. The van der Waals surface area contributed by atoms with Crippen LogP contribution in [0.3, 0.4) is 0 Å². The zero-order valence-corrected chi connectivity index (χ0v) is 15.3. The van der Waals surface area contributed by atoms with Gasteiger partial charge in [-0.3, -0.25) is 9.59 Å². The molecule has 5 nitrogen and oxygen atoms in total. The Morgan fingerprint density at radius 2 is 1.52 bits per heavy atom. The molecule has 0 aliphatic rings. The molecule has 0 unspecified atom stereocenters. The second-order valence-corrected chi connectivity index (χ2v) is 6.62. The van der Waals surface area contributed by atoms with Gasteiger partial charge < -0.3 is 9.47 Å². The molecule has 1 aromatic heterocycles. The third-order valence-corrected chi connectivity index (χ3v) is 4.61. The van der Waals surface area contributed by atoms with Crippen molar-refractivity contribution < 1.29 is 23.9 Å². The van der Waals surface area contributed by atoms with Crippen molar-refractivity contribution in [2.45, 2.75) is 6.92 Å². The first kappa shape index (κ1) is 18.5. The second-order valence-electron chi connectivity index (χ2n) is 5.67. The van der Waals surface area contributed by atoms with Gasteiger partial charge in [0.25, 0.3) is 0 Å². The summed E-state index contributed by atoms with van der Waals surface area (Å²) in [5.74, 6) is -0.662. The number of rotatable bonds is 6. The Morgan fingerprint density at radius 3 is 2.07 bits per heavy atom. The minimum absolute atomic E-state index is 0.220. The van der Waals surface area contributed by atoms with Crippen LogP contribution in [0.5, 0.6) is 5.75 Å². The zero-order valence-electron chi connectivity index (χ0n) is 14.5. The molecule has 0 saturated heterocycles. The Bertz CT molecular complexity index is 941. The van der Waals surface area contributed by atoms with Gasteiger partial charge in [-0.15, -0.1) is 11.3 Å². The molecule has 0 radical (unpaired) electrons. The van der Waals surface area contributed by atoms with Crippen LogP contribution in [0.25, 0.3) is 11.1 Å². The molecule has 2 aromatic carbocycles. The van der Waals surface area contributed by atoms with Crippen molar-refractivity contribution in [3.05, 3.63) is 76.5 Å². The summed E-state index contributed by atoms with van der Waals surface area (Å²) in [7, 11) is 0. The van der Waals surface area contributed by atoms with E-state index in [4.69, 9.17) is 9.47 Å². The Kier molecular flexibility index (Phi) is 5.78. The van der Waals surface area contributed by atoms with Gasteiger partial charge >= 0.3 is 11.9 Å². The average Bonchev–Trinajstić information content (AvgIpc) is 3.21. The molecule has 1 heterocycles. The molecule has 6 heteroatoms. The Hall–Kier alpha value is -3.25. The van der Waals surface area contributed by atoms with Gasteiger partial charge in [-0.25, -0.2) is 4.79 Å². The molecule has 27 heavy (non-hydrogen) atoms. The quantitative estimate of drug-likeness (QED) is 0.361. The van der Waals surface area contributed by atoms with Crippen LogP contribution >= 0.6 is 11.3 Å². The lowest BCUT2D eigenvalue weighted by Gasteiger charge is -2.06. The number of benzene rings is 2. The maximum atomic E-state index is 12.1. The van der Waals surface area contributed by atoms with Gasteiger partial charge in [-0.2, -0.15) is 0 Å². The van der Waals surface area contributed by atoms with Crippen molar-refractivity contribution in [2.24, 2.45) is 0 Å². The summed E-state index contributed by atoms with van der Waals surface area (Å²) in [5.41, 5.74) is 2.18. The Labute approximate surface area is 160 Å². The molecule has 0 spiro atoms. The first-order chi connectivity index (χ1) is 13.0. The van der Waals surface area contributed by atoms with Crippen molar-refractivity contribution in [1.82, 2.24) is 0 Å². The molecule has 0 atom stereocenters. The van der Waals surface area contributed by atoms with Gasteiger partial charge in [0.2, 0.25) is 5.78 Å². The van der Waals surface area contributed by atoms with E-state index >= 15 is 0 Å². The summed E-state index contributed by atoms with van der Waals surface area (Å²) in [6.45, 7) is 1.07. The molecule has 0 fully saturated rings. The SMILES string of the molecule is CC(=O)Oc1ccc(-c2ccc(C(=O)OCC(=O)c3cccs3)cc2)cc1. The van der Waals surface area contributed by atoms with E-state index in [2.05, 4.69) is 0 Å². The lowest BCUT2D eigenvalue weighted by atomic mass is 10.0. The lowest BCUT2D eigenvalue weighted by Crippen LogP contribution is -2.13. The molecular weight excluding hydrogens is 364 g/mol. The third-order valence-electron chi connectivity index (χ3n) is 3.70. The Morgan fingerprint density at radius 1 is 0.889 bits per heavy atom. The zero-order chi connectivity index (χ0) is 19.2. The van der Waals surface area contributed by atoms with Crippen molar-refractivity contribution >= 4 is 29.1 Å². The van der Waals surface area contributed by atoms with E-state index in [-0.39, 0.29) is 18.4 Å². The van der Waals surface area contributed by atoms with E-state index in [1.165, 1.54) is 18.3 Å². The van der Waals surface area contributed by atoms with Crippen molar-refractivity contribution in [1.29, 1.82) is 0 Å². The lowest BCUT2D eigenvalue weighted by molar-refractivity contribution is -0.131. The molecule has 0 amide bonds. The number of ether oxygens (including phenoxy) is 2. The number of Topliss-reactive ketones (excluding diaryl/α,β-unsaturated/α-hetero) is 1. The van der Waals surface area contributed by atoms with Gasteiger partial charge in [-0.05, 0) is 46.8 Å². The fourth-order valence-corrected chi connectivity index (χ4v) is 3.05. The molecule has 0 saturated carbocycles. The summed E-state index contributed by atoms with van der Waals surface area (Å²) in [4.78, 5) is 35.5. The van der Waals surface area contributed by atoms with Gasteiger partial charge in [0, 0.05) is 6.92 Å². The highest BCUT2D eigenvalue weighted by Crippen LogP contribution is 2.23. The third kappa shape index (κ3) is 4.89. The van der Waals surface area contributed by atoms with Gasteiger partial charge in [0.05, 0.1) is 10.4 Å². The van der Waals surface area contributed by atoms with Crippen LogP contribution in [-0.4, -0.2) is 24.3 Å². The van der Waals surface area contributed by atoms with Crippen LogP contribution in [0.4, 0.5) is 0 Å². The van der Waals surface area contributed by atoms with Crippen LogP contribution in [0, 0.1) is 0 Å². The highest BCUT2D eigenvalue weighted by molar-refractivity contribution is 7.12. The van der Waals surface area contributed by atoms with Gasteiger partial charge in [-0.1, -0.05) is 30.3 Å². The molecule has 0 aliphatic carbocycles. The molecule has 3 rings (SSSR count). The van der Waals surface area contributed by atoms with Gasteiger partial charge in [0.15, 0.2) is 6.61 Å². The van der Waals surface area contributed by atoms with Crippen molar-refractivity contribution in [3.63, 3.8) is 0 Å². The first-order valence-corrected chi connectivity index (χ1v) is 9.03. The molecule has 0 N–H and O–H groups in total. The smallest absolute Gasteiger partial charge is 0.338 e. The fraction of sp³-hybridized carbons (Fsp3) is 0.0952. The van der Waals surface area contributed by atoms with Crippen LogP contribution in [0.15, 0.2) is 66.0 Å². The normalized spacial score (nSPS) is 10.3. The average molecular weight is 380 g/mol. The van der Waals surface area contributed by atoms with Crippen LogP contribution < -0.4 is 4.74 Å². The predicted molar refractivity (Wildman–Crippen MR) is 102 cm³/mol. The fourth-order valence-electron chi connectivity index (χ4n) is 2.40. The van der Waals surface area contributed by atoms with E-state index in [1.54, 1.807) is 53.9 Å². The second kappa shape index (κ2) is 8.42. The number of esters is 2. The van der Waals surface area contributed by atoms with Crippen molar-refractivity contribution in [2.75, 3.05) is 6.61 Å². The molecule has 0 aliphatic heterocycles. The number of ketones is 1. The van der Waals surface area contributed by atoms with E-state index in [0.717, 1.165) is 11.1 Å². The summed E-state index contributed by atoms with van der Waals surface area (Å²) in [6.07, 6.45) is 0. The van der Waals surface area contributed by atoms with E-state index in [9.17, 15) is 14.4 Å². The summed E-state index contributed by atoms with van der Waals surface area (Å²) >= 11 is 1.31. The van der Waals surface area contributed by atoms with Crippen LogP contribution in [0.1, 0.15) is 27.0 Å². The number of thiophene rings is 1. The largest absolute Gasteiger partial charge is 0.454 e. The first-order valence-electron chi connectivity index (χ1n) is 8.15. The predicted octanol–water partition coefficient (Wildman–Crippen LogP) is 4.38. The molecular formula is C21H16O5S. The van der Waals surface area contributed by atoms with E-state index < -0.39 is 5.97 Å². The number of carbonyl (C=O) groups is 3. The number of hydrogen-bond acceptors (Lipinski definition) is 6. The molecule has 3 aromatic rings. The monoisotopic (exact) mass is 380 g/mol. The standard InChI is InChI=1S/C21H16O5S/c1-14(22)26-18-10-8-16(9-11-18)15-4-6-17(7-5-15)21(24)25-13-19(23)20-3-2-12-27-20/h2-12H,13H2,1H3. The molecule has 0 bridgehead atoms. The highest BCUT2D eigenvalue weighted by atomic mass is 32.1. The van der Waals surface area contributed by atoms with Crippen LogP contribution in [-0.2, 0) is 9.53 Å². The molecule has 136 valence electrons. The Balaban J connectivity index is 1.61. The topological polar surface area (TPSA) is 69.7 Å². The number of hydrogen-bond donors (Lipinski definition) is 0. The summed E-state index contributed by atoms with van der Waals surface area (Å²) in [6, 6.07) is 17.4. The van der Waals surface area contributed by atoms with E-state index in [1.807, 2.05) is 12.1 Å². The van der Waals surface area contributed by atoms with Gasteiger partial charge in [0.1, 0.15) is 5.75 Å². The van der Waals surface area contributed by atoms with E-state index in [0.29, 0.717) is 16.2 Å². The minimum Gasteiger partial charge on any atom is -0.454 e. The van der Waals surface area contributed by atoms with Crippen molar-refractivity contribution in [3.8, 4) is 16.9 Å². The highest BCUT2D eigenvalue weighted by Gasteiger charge is 2.12. The summed E-state index contributed by atoms with van der Waals surface area (Å²) in [5, 5.41) is 1.80. The maximum Gasteiger partial charge on any atom is 0.338 e. The number of carbonyl (C=O) groups excluding carboxylic acids is 3. The van der Waals surface area contributed by atoms with Crippen LogP contribution in [0.2, 0.25) is 0 Å².